The van der Waals surface area contributed by atoms with Gasteiger partial charge in [0.15, 0.2) is 11.9 Å². The van der Waals surface area contributed by atoms with E-state index in [-0.39, 0.29) is 21.8 Å². The van der Waals surface area contributed by atoms with Gasteiger partial charge in [-0.05, 0) is 40.9 Å². The lowest BCUT2D eigenvalue weighted by atomic mass is 10.2. The number of carboxylic acid groups (broad SMARTS) is 1. The second-order valence-electron chi connectivity index (χ2n) is 4.44. The first-order chi connectivity index (χ1) is 9.52. The van der Waals surface area contributed by atoms with Gasteiger partial charge in [0.2, 0.25) is 0 Å². The van der Waals surface area contributed by atoms with Crippen LogP contribution >= 0.6 is 15.9 Å². The van der Waals surface area contributed by atoms with Crippen molar-refractivity contribution < 1.29 is 19.0 Å². The van der Waals surface area contributed by atoms with Crippen LogP contribution in [0.4, 0.5) is 10.1 Å². The highest BCUT2D eigenvalue weighted by molar-refractivity contribution is 9.10. The highest BCUT2D eigenvalue weighted by Gasteiger charge is 2.30. The maximum atomic E-state index is 13.9. The molecule has 0 aliphatic carbocycles. The van der Waals surface area contributed by atoms with Gasteiger partial charge >= 0.3 is 5.97 Å². The average Bonchev–Trinajstić information content (AvgIpc) is 2.89. The molecule has 20 heavy (non-hydrogen) atoms. The first-order valence-corrected chi connectivity index (χ1v) is 6.82. The number of carboxylic acids is 1. The molecule has 106 valence electrons. The zero-order valence-electron chi connectivity index (χ0n) is 10.4. The summed E-state index contributed by atoms with van der Waals surface area (Å²) in [5, 5.41) is 20.5. The van der Waals surface area contributed by atoms with Crippen molar-refractivity contribution in [1.29, 1.82) is 5.26 Å². The summed E-state index contributed by atoms with van der Waals surface area (Å²) in [6, 6.07) is 4.85. The molecular weight excluding hydrogens is 331 g/mol. The molecule has 0 radical (unpaired) electrons. The molecule has 1 aliphatic rings. The third-order valence-electron chi connectivity index (χ3n) is 3.11. The van der Waals surface area contributed by atoms with Crippen molar-refractivity contribution in [2.45, 2.75) is 25.0 Å². The maximum Gasteiger partial charge on any atom is 0.332 e. The Morgan fingerprint density at radius 2 is 2.35 bits per heavy atom. The van der Waals surface area contributed by atoms with Gasteiger partial charge in [0.05, 0.1) is 21.8 Å². The molecule has 2 rings (SSSR count). The Balaban J connectivity index is 1.97. The fourth-order valence-electron chi connectivity index (χ4n) is 2.03. The zero-order chi connectivity index (χ0) is 14.7. The lowest BCUT2D eigenvalue weighted by Gasteiger charge is -2.14. The van der Waals surface area contributed by atoms with Gasteiger partial charge in [-0.15, -0.1) is 0 Å². The summed E-state index contributed by atoms with van der Waals surface area (Å²) in [5.74, 6) is -1.52. The Hall–Kier alpha value is -1.65. The van der Waals surface area contributed by atoms with E-state index in [1.807, 2.05) is 6.07 Å². The summed E-state index contributed by atoms with van der Waals surface area (Å²) in [7, 11) is 0. The predicted molar refractivity (Wildman–Crippen MR) is 72.8 cm³/mol. The molecule has 0 bridgehead atoms. The van der Waals surface area contributed by atoms with Crippen molar-refractivity contribution in [3.63, 3.8) is 0 Å². The van der Waals surface area contributed by atoms with Gasteiger partial charge in [-0.3, -0.25) is 0 Å². The number of halogens is 2. The number of nitrogens with zero attached hydrogens (tertiary/aromatic N) is 1. The highest BCUT2D eigenvalue weighted by atomic mass is 79.9. The highest BCUT2D eigenvalue weighted by Crippen LogP contribution is 2.27. The van der Waals surface area contributed by atoms with Gasteiger partial charge < -0.3 is 15.2 Å². The van der Waals surface area contributed by atoms with Crippen LogP contribution in [0.3, 0.4) is 0 Å². The Labute approximate surface area is 123 Å². The van der Waals surface area contributed by atoms with Gasteiger partial charge in [0, 0.05) is 6.54 Å². The number of anilines is 1. The largest absolute Gasteiger partial charge is 0.479 e. The molecule has 1 aromatic rings. The normalized spacial score (nSPS) is 21.4. The summed E-state index contributed by atoms with van der Waals surface area (Å²) < 4.78 is 19.4. The minimum atomic E-state index is -0.972. The molecule has 2 unspecified atom stereocenters. The number of benzene rings is 1. The van der Waals surface area contributed by atoms with Crippen LogP contribution in [0.5, 0.6) is 0 Å². The Kier molecular flexibility index (Phi) is 4.57. The van der Waals surface area contributed by atoms with Crippen LogP contribution in [0.15, 0.2) is 16.6 Å². The molecule has 1 saturated heterocycles. The minimum Gasteiger partial charge on any atom is -0.479 e. The van der Waals surface area contributed by atoms with Gasteiger partial charge in [0.1, 0.15) is 6.07 Å². The average molecular weight is 343 g/mol. The number of hydrogen-bond acceptors (Lipinski definition) is 4. The topological polar surface area (TPSA) is 82.4 Å². The van der Waals surface area contributed by atoms with Crippen LogP contribution in [-0.4, -0.2) is 29.8 Å². The van der Waals surface area contributed by atoms with Crippen LogP contribution in [0.25, 0.3) is 0 Å². The molecule has 0 spiro atoms. The van der Waals surface area contributed by atoms with Crippen molar-refractivity contribution in [3.05, 3.63) is 28.0 Å². The first kappa shape index (κ1) is 14.8. The Morgan fingerprint density at radius 1 is 1.60 bits per heavy atom. The minimum absolute atomic E-state index is 0.112. The summed E-state index contributed by atoms with van der Waals surface area (Å²) >= 11 is 3.03. The molecule has 1 aromatic carbocycles. The number of ether oxygens (including phenoxy) is 1. The number of aliphatic carboxylic acids is 1. The van der Waals surface area contributed by atoms with Gasteiger partial charge in [-0.25, -0.2) is 9.18 Å². The van der Waals surface area contributed by atoms with E-state index in [9.17, 15) is 9.18 Å². The van der Waals surface area contributed by atoms with Crippen LogP contribution in [-0.2, 0) is 9.53 Å². The number of nitrogens with one attached hydrogen (secondary N) is 1. The van der Waals surface area contributed by atoms with Gasteiger partial charge in [0.25, 0.3) is 0 Å². The molecule has 1 fully saturated rings. The summed E-state index contributed by atoms with van der Waals surface area (Å²) in [5.41, 5.74) is 0.467. The monoisotopic (exact) mass is 342 g/mol. The molecule has 0 saturated carbocycles. The second kappa shape index (κ2) is 6.20. The Bertz CT molecular complexity index is 573. The first-order valence-electron chi connectivity index (χ1n) is 6.03. The zero-order valence-corrected chi connectivity index (χ0v) is 12.0. The SMILES string of the molecule is N#Cc1ccc(NCC2CCC(C(=O)O)O2)c(F)c1Br. The van der Waals surface area contributed by atoms with E-state index in [0.717, 1.165) is 0 Å². The lowest BCUT2D eigenvalue weighted by molar-refractivity contribution is -0.149. The van der Waals surface area contributed by atoms with Crippen molar-refractivity contribution >= 4 is 27.6 Å². The van der Waals surface area contributed by atoms with Crippen molar-refractivity contribution in [3.8, 4) is 6.07 Å². The maximum absolute atomic E-state index is 13.9. The predicted octanol–water partition coefficient (Wildman–Crippen LogP) is 2.50. The van der Waals surface area contributed by atoms with Crippen LogP contribution < -0.4 is 5.32 Å². The lowest BCUT2D eigenvalue weighted by Crippen LogP contribution is -2.24. The number of hydrogen-bond donors (Lipinski definition) is 2. The Morgan fingerprint density at radius 3 is 2.95 bits per heavy atom. The standard InChI is InChI=1S/C13H12BrFN2O3/c14-11-7(5-16)1-3-9(12(11)15)17-6-8-2-4-10(20-8)13(18)19/h1,3,8,10,17H,2,4,6H2,(H,18,19). The summed E-state index contributed by atoms with van der Waals surface area (Å²) in [6.07, 6.45) is 0.0360. The smallest absolute Gasteiger partial charge is 0.332 e. The van der Waals surface area contributed by atoms with E-state index in [1.165, 1.54) is 12.1 Å². The van der Waals surface area contributed by atoms with Crippen LogP contribution in [0.1, 0.15) is 18.4 Å². The molecule has 2 N–H and O–H groups in total. The molecule has 1 heterocycles. The van der Waals surface area contributed by atoms with E-state index in [0.29, 0.717) is 19.4 Å². The van der Waals surface area contributed by atoms with Crippen molar-refractivity contribution in [2.24, 2.45) is 0 Å². The number of carbonyl (C=O) groups is 1. The third kappa shape index (κ3) is 3.08. The molecule has 0 amide bonds. The van der Waals surface area contributed by atoms with E-state index >= 15 is 0 Å². The van der Waals surface area contributed by atoms with Crippen molar-refractivity contribution in [1.82, 2.24) is 0 Å². The van der Waals surface area contributed by atoms with E-state index < -0.39 is 17.9 Å². The van der Waals surface area contributed by atoms with Crippen LogP contribution in [0.2, 0.25) is 0 Å². The quantitative estimate of drug-likeness (QED) is 0.878. The summed E-state index contributed by atoms with van der Waals surface area (Å²) in [6.45, 7) is 0.318. The molecule has 0 aromatic heterocycles. The summed E-state index contributed by atoms with van der Waals surface area (Å²) in [4.78, 5) is 10.7. The number of nitriles is 1. The fourth-order valence-corrected chi connectivity index (χ4v) is 2.47. The number of rotatable bonds is 4. The third-order valence-corrected chi connectivity index (χ3v) is 3.88. The molecule has 7 heteroatoms. The van der Waals surface area contributed by atoms with E-state index in [2.05, 4.69) is 21.2 Å². The van der Waals surface area contributed by atoms with Crippen LogP contribution in [0, 0.1) is 17.1 Å². The second-order valence-corrected chi connectivity index (χ2v) is 5.24. The van der Waals surface area contributed by atoms with E-state index in [4.69, 9.17) is 15.1 Å². The molecular formula is C13H12BrFN2O3. The molecule has 2 atom stereocenters. The van der Waals surface area contributed by atoms with Crippen molar-refractivity contribution in [2.75, 3.05) is 11.9 Å². The molecule has 5 nitrogen and oxygen atoms in total. The molecule has 1 aliphatic heterocycles. The van der Waals surface area contributed by atoms with Gasteiger partial charge in [-0.2, -0.15) is 5.26 Å². The van der Waals surface area contributed by atoms with E-state index in [1.54, 1.807) is 0 Å². The van der Waals surface area contributed by atoms with Gasteiger partial charge in [-0.1, -0.05) is 0 Å². The fraction of sp³-hybridized carbons (Fsp3) is 0.385.